The summed E-state index contributed by atoms with van der Waals surface area (Å²) in [6.45, 7) is 2.85. The second-order valence-corrected chi connectivity index (χ2v) is 5.96. The zero-order valence-electron chi connectivity index (χ0n) is 14.2. The van der Waals surface area contributed by atoms with Crippen molar-refractivity contribution in [2.45, 2.75) is 20.0 Å². The van der Waals surface area contributed by atoms with Gasteiger partial charge in [-0.3, -0.25) is 9.59 Å². The molecular formula is C18H18ClN3O4. The topological polar surface area (TPSA) is 111 Å². The number of amides is 2. The highest BCUT2D eigenvalue weighted by Crippen LogP contribution is 2.20. The first-order chi connectivity index (χ1) is 12.3. The molecule has 0 aliphatic carbocycles. The average molecular weight is 376 g/mol. The number of halogens is 1. The Morgan fingerprint density at radius 1 is 1.04 bits per heavy atom. The van der Waals surface area contributed by atoms with E-state index >= 15 is 0 Å². The fraction of sp³-hybridized carbons (Fsp3) is 0.167. The van der Waals surface area contributed by atoms with E-state index in [1.807, 2.05) is 0 Å². The number of benzene rings is 2. The quantitative estimate of drug-likeness (QED) is 0.549. The van der Waals surface area contributed by atoms with Gasteiger partial charge in [-0.25, -0.2) is 4.79 Å². The molecule has 26 heavy (non-hydrogen) atoms. The Morgan fingerprint density at radius 2 is 1.62 bits per heavy atom. The van der Waals surface area contributed by atoms with Gasteiger partial charge in [0.25, 0.3) is 5.91 Å². The predicted molar refractivity (Wildman–Crippen MR) is 100 cm³/mol. The molecule has 0 saturated carbocycles. The average Bonchev–Trinajstić information content (AvgIpc) is 2.55. The Kier molecular flexibility index (Phi) is 6.19. The van der Waals surface area contributed by atoms with Crippen molar-refractivity contribution in [1.82, 2.24) is 0 Å². The van der Waals surface area contributed by atoms with E-state index in [9.17, 15) is 14.4 Å². The first-order valence-corrected chi connectivity index (χ1v) is 8.08. The van der Waals surface area contributed by atoms with Gasteiger partial charge in [-0.15, -0.1) is 0 Å². The molecule has 4 N–H and O–H groups in total. The molecule has 1 atom stereocenters. The number of hydrogen-bond acceptors (Lipinski definition) is 5. The van der Waals surface area contributed by atoms with Crippen LogP contribution in [-0.2, 0) is 14.3 Å². The number of anilines is 3. The van der Waals surface area contributed by atoms with Gasteiger partial charge in [-0.1, -0.05) is 11.6 Å². The molecule has 0 spiro atoms. The van der Waals surface area contributed by atoms with Gasteiger partial charge < -0.3 is 21.1 Å². The minimum absolute atomic E-state index is 0.133. The molecule has 0 aromatic heterocycles. The van der Waals surface area contributed by atoms with Crippen molar-refractivity contribution >= 4 is 46.4 Å². The summed E-state index contributed by atoms with van der Waals surface area (Å²) in [5.74, 6) is -1.41. The molecule has 0 saturated heterocycles. The van der Waals surface area contributed by atoms with E-state index in [1.165, 1.54) is 32.0 Å². The lowest BCUT2D eigenvalue weighted by atomic mass is 10.2. The third kappa shape index (κ3) is 5.22. The number of nitrogens with one attached hydrogen (secondary N) is 2. The first kappa shape index (κ1) is 19.3. The third-order valence-corrected chi connectivity index (χ3v) is 3.59. The zero-order valence-corrected chi connectivity index (χ0v) is 15.0. The van der Waals surface area contributed by atoms with Gasteiger partial charge in [-0.05, 0) is 49.4 Å². The zero-order chi connectivity index (χ0) is 19.3. The molecule has 2 aromatic rings. The summed E-state index contributed by atoms with van der Waals surface area (Å²) in [6, 6.07) is 10.9. The van der Waals surface area contributed by atoms with E-state index in [2.05, 4.69) is 10.6 Å². The summed E-state index contributed by atoms with van der Waals surface area (Å²) in [5, 5.41) is 5.64. The SMILES string of the molecule is CC(=O)Nc1ccc(NC(=O)[C@H](C)OC(=O)c2ccc(Cl)cc2N)cc1. The fourth-order valence-corrected chi connectivity index (χ4v) is 2.26. The summed E-state index contributed by atoms with van der Waals surface area (Å²) < 4.78 is 5.14. The Morgan fingerprint density at radius 3 is 2.15 bits per heavy atom. The second-order valence-electron chi connectivity index (χ2n) is 5.53. The van der Waals surface area contributed by atoms with Gasteiger partial charge in [0.1, 0.15) is 0 Å². The normalized spacial score (nSPS) is 11.3. The molecule has 2 aromatic carbocycles. The smallest absolute Gasteiger partial charge is 0.341 e. The maximum Gasteiger partial charge on any atom is 0.341 e. The lowest BCUT2D eigenvalue weighted by Crippen LogP contribution is -2.30. The lowest BCUT2D eigenvalue weighted by molar-refractivity contribution is -0.123. The van der Waals surface area contributed by atoms with Gasteiger partial charge in [0, 0.05) is 29.0 Å². The fourth-order valence-electron chi connectivity index (χ4n) is 2.08. The van der Waals surface area contributed by atoms with Crippen molar-refractivity contribution in [2.24, 2.45) is 0 Å². The number of esters is 1. The van der Waals surface area contributed by atoms with Gasteiger partial charge in [-0.2, -0.15) is 0 Å². The van der Waals surface area contributed by atoms with Crippen LogP contribution in [0.25, 0.3) is 0 Å². The molecule has 0 heterocycles. The number of nitrogens with two attached hydrogens (primary N) is 1. The van der Waals surface area contributed by atoms with Crippen LogP contribution in [0.1, 0.15) is 24.2 Å². The third-order valence-electron chi connectivity index (χ3n) is 3.36. The van der Waals surface area contributed by atoms with E-state index in [0.29, 0.717) is 16.4 Å². The van der Waals surface area contributed by atoms with Crippen molar-refractivity contribution in [3.63, 3.8) is 0 Å². The molecule has 0 aliphatic rings. The van der Waals surface area contributed by atoms with Crippen LogP contribution in [0.4, 0.5) is 17.1 Å². The molecule has 2 rings (SSSR count). The van der Waals surface area contributed by atoms with Crippen LogP contribution < -0.4 is 16.4 Å². The molecule has 0 bridgehead atoms. The Hall–Kier alpha value is -3.06. The van der Waals surface area contributed by atoms with E-state index in [4.69, 9.17) is 22.1 Å². The molecule has 0 radical (unpaired) electrons. The van der Waals surface area contributed by atoms with Crippen molar-refractivity contribution < 1.29 is 19.1 Å². The Bertz CT molecular complexity index is 837. The highest BCUT2D eigenvalue weighted by atomic mass is 35.5. The maximum atomic E-state index is 12.2. The molecule has 0 fully saturated rings. The van der Waals surface area contributed by atoms with E-state index in [1.54, 1.807) is 24.3 Å². The number of hydrogen-bond donors (Lipinski definition) is 3. The largest absolute Gasteiger partial charge is 0.449 e. The van der Waals surface area contributed by atoms with Crippen LogP contribution in [0.2, 0.25) is 5.02 Å². The lowest BCUT2D eigenvalue weighted by Gasteiger charge is -2.14. The van der Waals surface area contributed by atoms with Crippen molar-refractivity contribution in [3.8, 4) is 0 Å². The standard InChI is InChI=1S/C18H18ClN3O4/c1-10(26-18(25)15-8-3-12(19)9-16(15)20)17(24)22-14-6-4-13(5-7-14)21-11(2)23/h3-10H,20H2,1-2H3,(H,21,23)(H,22,24)/t10-/m0/s1. The highest BCUT2D eigenvalue weighted by molar-refractivity contribution is 6.31. The number of carbonyl (C=O) groups excluding carboxylic acids is 3. The molecule has 0 unspecified atom stereocenters. The minimum Gasteiger partial charge on any atom is -0.449 e. The number of nitrogen functional groups attached to an aromatic ring is 1. The number of ether oxygens (including phenoxy) is 1. The summed E-state index contributed by atoms with van der Waals surface area (Å²) in [4.78, 5) is 35.3. The molecule has 136 valence electrons. The summed E-state index contributed by atoms with van der Waals surface area (Å²) in [6.07, 6.45) is -1.03. The first-order valence-electron chi connectivity index (χ1n) is 7.71. The number of rotatable bonds is 5. The van der Waals surface area contributed by atoms with Gasteiger partial charge in [0.2, 0.25) is 5.91 Å². The van der Waals surface area contributed by atoms with Crippen molar-refractivity contribution in [2.75, 3.05) is 16.4 Å². The maximum absolute atomic E-state index is 12.2. The van der Waals surface area contributed by atoms with Crippen LogP contribution in [0.3, 0.4) is 0 Å². The minimum atomic E-state index is -1.03. The summed E-state index contributed by atoms with van der Waals surface area (Å²) >= 11 is 5.79. The van der Waals surface area contributed by atoms with Crippen molar-refractivity contribution in [1.29, 1.82) is 0 Å². The van der Waals surface area contributed by atoms with Crippen LogP contribution in [-0.4, -0.2) is 23.9 Å². The van der Waals surface area contributed by atoms with Crippen LogP contribution >= 0.6 is 11.6 Å². The van der Waals surface area contributed by atoms with Gasteiger partial charge in [0.05, 0.1) is 5.56 Å². The van der Waals surface area contributed by atoms with Crippen LogP contribution in [0, 0.1) is 0 Å². The Balaban J connectivity index is 1.96. The summed E-state index contributed by atoms with van der Waals surface area (Å²) in [5.41, 5.74) is 7.14. The molecule has 2 amide bonds. The molecule has 0 aliphatic heterocycles. The summed E-state index contributed by atoms with van der Waals surface area (Å²) in [7, 11) is 0. The van der Waals surface area contributed by atoms with Crippen LogP contribution in [0.5, 0.6) is 0 Å². The van der Waals surface area contributed by atoms with E-state index in [-0.39, 0.29) is 17.2 Å². The molecule has 7 nitrogen and oxygen atoms in total. The predicted octanol–water partition coefficient (Wildman–Crippen LogP) is 3.06. The number of carbonyl (C=O) groups is 3. The van der Waals surface area contributed by atoms with Crippen molar-refractivity contribution in [3.05, 3.63) is 53.1 Å². The highest BCUT2D eigenvalue weighted by Gasteiger charge is 2.20. The van der Waals surface area contributed by atoms with E-state index in [0.717, 1.165) is 0 Å². The van der Waals surface area contributed by atoms with Gasteiger partial charge >= 0.3 is 5.97 Å². The van der Waals surface area contributed by atoms with Gasteiger partial charge in [0.15, 0.2) is 6.10 Å². The van der Waals surface area contributed by atoms with Crippen LogP contribution in [0.15, 0.2) is 42.5 Å². The Labute approximate surface area is 155 Å². The molecular weight excluding hydrogens is 358 g/mol. The van der Waals surface area contributed by atoms with E-state index < -0.39 is 18.0 Å². The molecule has 8 heteroatoms. The monoisotopic (exact) mass is 375 g/mol. The second kappa shape index (κ2) is 8.35.